The fraction of sp³-hybridized carbons (Fsp3) is 0.600. The van der Waals surface area contributed by atoms with Crippen LogP contribution in [0.4, 0.5) is 0 Å². The lowest BCUT2D eigenvalue weighted by Gasteiger charge is -2.48. The zero-order chi connectivity index (χ0) is 12.9. The monoisotopic (exact) mass is 261 g/mol. The van der Waals surface area contributed by atoms with E-state index in [4.69, 9.17) is 9.47 Å². The van der Waals surface area contributed by atoms with Crippen molar-refractivity contribution in [2.75, 3.05) is 26.2 Å². The zero-order valence-electron chi connectivity index (χ0n) is 10.9. The van der Waals surface area contributed by atoms with Crippen molar-refractivity contribution in [1.29, 1.82) is 0 Å². The number of nitrogens with zero attached hydrogens (tertiary/aromatic N) is 1. The molecule has 1 aromatic carbocycles. The van der Waals surface area contributed by atoms with E-state index in [1.54, 1.807) is 0 Å². The first-order chi connectivity index (χ1) is 9.23. The standard InChI is InChI=1S/C15H19NO3/c17-15(11-5-6-11)9-16(10-15)7-12-8-18-13-3-1-2-4-14(13)19-12/h1-4,11-12,17H,5-10H2. The molecule has 0 spiro atoms. The van der Waals surface area contributed by atoms with Gasteiger partial charge in [-0.2, -0.15) is 0 Å². The van der Waals surface area contributed by atoms with Gasteiger partial charge in [0.25, 0.3) is 0 Å². The van der Waals surface area contributed by atoms with E-state index in [0.29, 0.717) is 12.5 Å². The molecule has 2 heterocycles. The number of hydrogen-bond acceptors (Lipinski definition) is 4. The van der Waals surface area contributed by atoms with Gasteiger partial charge >= 0.3 is 0 Å². The summed E-state index contributed by atoms with van der Waals surface area (Å²) in [7, 11) is 0. The van der Waals surface area contributed by atoms with Gasteiger partial charge < -0.3 is 14.6 Å². The fourth-order valence-corrected chi connectivity index (χ4v) is 3.18. The molecule has 1 aromatic rings. The van der Waals surface area contributed by atoms with Crippen LogP contribution in [0.3, 0.4) is 0 Å². The second-order valence-electron chi connectivity index (χ2n) is 6.05. The molecule has 0 amide bonds. The molecule has 4 rings (SSSR count). The zero-order valence-corrected chi connectivity index (χ0v) is 10.9. The quantitative estimate of drug-likeness (QED) is 0.890. The summed E-state index contributed by atoms with van der Waals surface area (Å²) in [5, 5.41) is 10.3. The van der Waals surface area contributed by atoms with Crippen molar-refractivity contribution in [3.63, 3.8) is 0 Å². The first-order valence-corrected chi connectivity index (χ1v) is 7.06. The highest BCUT2D eigenvalue weighted by Crippen LogP contribution is 2.44. The molecule has 4 nitrogen and oxygen atoms in total. The Kier molecular flexibility index (Phi) is 2.50. The van der Waals surface area contributed by atoms with Crippen LogP contribution in [0.2, 0.25) is 0 Å². The van der Waals surface area contributed by atoms with E-state index >= 15 is 0 Å². The third-order valence-corrected chi connectivity index (χ3v) is 4.36. The van der Waals surface area contributed by atoms with Crippen molar-refractivity contribution >= 4 is 0 Å². The molecular weight excluding hydrogens is 242 g/mol. The van der Waals surface area contributed by atoms with Gasteiger partial charge in [0.2, 0.25) is 0 Å². The molecule has 2 fully saturated rings. The molecule has 1 saturated carbocycles. The van der Waals surface area contributed by atoms with Crippen molar-refractivity contribution in [1.82, 2.24) is 4.90 Å². The molecule has 0 aromatic heterocycles. The Morgan fingerprint density at radius 2 is 1.95 bits per heavy atom. The van der Waals surface area contributed by atoms with Crippen LogP contribution in [0.15, 0.2) is 24.3 Å². The predicted molar refractivity (Wildman–Crippen MR) is 70.5 cm³/mol. The predicted octanol–water partition coefficient (Wildman–Crippen LogP) is 1.28. The molecule has 1 N–H and O–H groups in total. The maximum absolute atomic E-state index is 10.3. The number of para-hydroxylation sites is 2. The van der Waals surface area contributed by atoms with E-state index < -0.39 is 5.60 Å². The lowest BCUT2D eigenvalue weighted by atomic mass is 9.88. The van der Waals surface area contributed by atoms with Gasteiger partial charge in [0.15, 0.2) is 11.5 Å². The third kappa shape index (κ3) is 2.09. The van der Waals surface area contributed by atoms with E-state index in [2.05, 4.69) is 4.90 Å². The smallest absolute Gasteiger partial charge is 0.161 e. The molecule has 1 atom stereocenters. The molecule has 2 aliphatic heterocycles. The summed E-state index contributed by atoms with van der Waals surface area (Å²) in [6.07, 6.45) is 2.46. The van der Waals surface area contributed by atoms with Gasteiger partial charge in [-0.05, 0) is 30.9 Å². The lowest BCUT2D eigenvalue weighted by Crippen LogP contribution is -2.65. The highest BCUT2D eigenvalue weighted by atomic mass is 16.6. The minimum absolute atomic E-state index is 0.0682. The van der Waals surface area contributed by atoms with E-state index in [1.165, 1.54) is 12.8 Å². The highest BCUT2D eigenvalue weighted by molar-refractivity contribution is 5.40. The summed E-state index contributed by atoms with van der Waals surface area (Å²) in [5.41, 5.74) is -0.409. The minimum Gasteiger partial charge on any atom is -0.486 e. The molecule has 0 radical (unpaired) electrons. The maximum atomic E-state index is 10.3. The summed E-state index contributed by atoms with van der Waals surface area (Å²) in [5.74, 6) is 2.21. The van der Waals surface area contributed by atoms with Crippen LogP contribution in [0.1, 0.15) is 12.8 Å². The average molecular weight is 261 g/mol. The average Bonchev–Trinajstić information content (AvgIpc) is 3.21. The number of aliphatic hydroxyl groups is 1. The van der Waals surface area contributed by atoms with Gasteiger partial charge in [-0.1, -0.05) is 12.1 Å². The molecular formula is C15H19NO3. The Balaban J connectivity index is 1.33. The van der Waals surface area contributed by atoms with E-state index in [0.717, 1.165) is 31.1 Å². The number of likely N-dealkylation sites (tertiary alicyclic amines) is 1. The van der Waals surface area contributed by atoms with Crippen LogP contribution in [0.25, 0.3) is 0 Å². The van der Waals surface area contributed by atoms with Crippen LogP contribution in [-0.2, 0) is 0 Å². The Morgan fingerprint density at radius 1 is 1.21 bits per heavy atom. The molecule has 19 heavy (non-hydrogen) atoms. The van der Waals surface area contributed by atoms with Crippen LogP contribution in [-0.4, -0.2) is 48.0 Å². The van der Waals surface area contributed by atoms with Gasteiger partial charge in [0.1, 0.15) is 12.7 Å². The minimum atomic E-state index is -0.409. The summed E-state index contributed by atoms with van der Waals surface area (Å²) in [6, 6.07) is 7.78. The molecule has 0 bridgehead atoms. The van der Waals surface area contributed by atoms with E-state index in [1.807, 2.05) is 24.3 Å². The first kappa shape index (κ1) is 11.6. The second kappa shape index (κ2) is 4.12. The second-order valence-corrected chi connectivity index (χ2v) is 6.05. The Bertz CT molecular complexity index is 480. The van der Waals surface area contributed by atoms with Crippen molar-refractivity contribution in [3.05, 3.63) is 24.3 Å². The molecule has 3 aliphatic rings. The van der Waals surface area contributed by atoms with Crippen LogP contribution < -0.4 is 9.47 Å². The maximum Gasteiger partial charge on any atom is 0.161 e. The van der Waals surface area contributed by atoms with Gasteiger partial charge in [0.05, 0.1) is 5.60 Å². The summed E-state index contributed by atoms with van der Waals surface area (Å²) < 4.78 is 11.6. The van der Waals surface area contributed by atoms with Crippen molar-refractivity contribution in [2.45, 2.75) is 24.5 Å². The van der Waals surface area contributed by atoms with Crippen LogP contribution >= 0.6 is 0 Å². The van der Waals surface area contributed by atoms with Crippen LogP contribution in [0.5, 0.6) is 11.5 Å². The normalized spacial score (nSPS) is 28.8. The van der Waals surface area contributed by atoms with Gasteiger partial charge in [-0.3, -0.25) is 4.90 Å². The Morgan fingerprint density at radius 3 is 2.68 bits per heavy atom. The Labute approximate surface area is 112 Å². The van der Waals surface area contributed by atoms with Gasteiger partial charge in [-0.15, -0.1) is 0 Å². The number of ether oxygens (including phenoxy) is 2. The van der Waals surface area contributed by atoms with Crippen molar-refractivity contribution in [2.24, 2.45) is 5.92 Å². The number of fused-ring (bicyclic) bond motifs is 1. The first-order valence-electron chi connectivity index (χ1n) is 7.06. The Hall–Kier alpha value is -1.26. The van der Waals surface area contributed by atoms with E-state index in [9.17, 15) is 5.11 Å². The van der Waals surface area contributed by atoms with Gasteiger partial charge in [0, 0.05) is 19.6 Å². The third-order valence-electron chi connectivity index (χ3n) is 4.36. The summed E-state index contributed by atoms with van der Waals surface area (Å²) >= 11 is 0. The number of β-amino-alcohol motifs (C(OH)–C–C–N with tert-alkyl or cyclic N) is 1. The van der Waals surface area contributed by atoms with Crippen LogP contribution in [0, 0.1) is 5.92 Å². The molecule has 1 aliphatic carbocycles. The number of hydrogen-bond donors (Lipinski definition) is 1. The fourth-order valence-electron chi connectivity index (χ4n) is 3.18. The molecule has 102 valence electrons. The van der Waals surface area contributed by atoms with Crippen molar-refractivity contribution < 1.29 is 14.6 Å². The summed E-state index contributed by atoms with van der Waals surface area (Å²) in [4.78, 5) is 2.26. The topological polar surface area (TPSA) is 41.9 Å². The lowest BCUT2D eigenvalue weighted by molar-refractivity contribution is -0.123. The van der Waals surface area contributed by atoms with Gasteiger partial charge in [-0.25, -0.2) is 0 Å². The van der Waals surface area contributed by atoms with Crippen molar-refractivity contribution in [3.8, 4) is 11.5 Å². The molecule has 1 saturated heterocycles. The largest absolute Gasteiger partial charge is 0.486 e. The van der Waals surface area contributed by atoms with E-state index in [-0.39, 0.29) is 6.10 Å². The molecule has 4 heteroatoms. The summed E-state index contributed by atoms with van der Waals surface area (Å²) in [6.45, 7) is 3.01. The SMILES string of the molecule is OC1(C2CC2)CN(CC2COc3ccccc3O2)C1. The molecule has 1 unspecified atom stereocenters. The number of rotatable bonds is 3. The highest BCUT2D eigenvalue weighted by Gasteiger charge is 2.52. The number of benzene rings is 1.